The van der Waals surface area contributed by atoms with E-state index in [2.05, 4.69) is 5.32 Å². The standard InChI is InChI=1S/C15H20ClNO5/c1-9(17-14(20)22-15(2,3)4)8-21-10-5-6-11(13(18)19)12(16)7-10/h5-7,9H,8H2,1-4H3,(H,17,20)(H,18,19). The van der Waals surface area contributed by atoms with Crippen molar-refractivity contribution in [3.63, 3.8) is 0 Å². The first-order chi connectivity index (χ1) is 10.1. The zero-order valence-electron chi connectivity index (χ0n) is 13.0. The molecule has 7 heteroatoms. The van der Waals surface area contributed by atoms with Crippen molar-refractivity contribution in [1.82, 2.24) is 5.32 Å². The van der Waals surface area contributed by atoms with Crippen LogP contribution in [-0.2, 0) is 4.74 Å². The molecule has 0 fully saturated rings. The maximum absolute atomic E-state index is 11.6. The molecule has 22 heavy (non-hydrogen) atoms. The van der Waals surface area contributed by atoms with E-state index in [1.54, 1.807) is 27.7 Å². The minimum Gasteiger partial charge on any atom is -0.491 e. The molecule has 0 heterocycles. The molecule has 0 aromatic heterocycles. The summed E-state index contributed by atoms with van der Waals surface area (Å²) in [6.07, 6.45) is -0.525. The monoisotopic (exact) mass is 329 g/mol. The van der Waals surface area contributed by atoms with Crippen LogP contribution in [0.25, 0.3) is 0 Å². The normalized spacial score (nSPS) is 12.4. The molecule has 0 spiro atoms. The van der Waals surface area contributed by atoms with Crippen LogP contribution in [0.1, 0.15) is 38.1 Å². The van der Waals surface area contributed by atoms with E-state index in [-0.39, 0.29) is 23.2 Å². The number of alkyl carbamates (subject to hydrolysis) is 1. The number of rotatable bonds is 5. The van der Waals surface area contributed by atoms with Crippen LogP contribution in [0.2, 0.25) is 5.02 Å². The number of hydrogen-bond donors (Lipinski definition) is 2. The van der Waals surface area contributed by atoms with Gasteiger partial charge in [0.15, 0.2) is 0 Å². The quantitative estimate of drug-likeness (QED) is 0.865. The summed E-state index contributed by atoms with van der Waals surface area (Å²) < 4.78 is 10.6. The minimum absolute atomic E-state index is 0.00828. The third-order valence-electron chi connectivity index (χ3n) is 2.43. The summed E-state index contributed by atoms with van der Waals surface area (Å²) in [5.74, 6) is -0.677. The highest BCUT2D eigenvalue weighted by Crippen LogP contribution is 2.22. The SMILES string of the molecule is CC(COc1ccc(C(=O)O)c(Cl)c1)NC(=O)OC(C)(C)C. The number of benzene rings is 1. The second kappa shape index (κ2) is 7.35. The maximum Gasteiger partial charge on any atom is 0.407 e. The van der Waals surface area contributed by atoms with Gasteiger partial charge >= 0.3 is 12.1 Å². The second-order valence-corrected chi connectivity index (χ2v) is 6.21. The molecule has 0 aliphatic rings. The molecule has 0 radical (unpaired) electrons. The number of amides is 1. The summed E-state index contributed by atoms with van der Waals surface area (Å²) in [6.45, 7) is 7.29. The Bertz CT molecular complexity index is 553. The summed E-state index contributed by atoms with van der Waals surface area (Å²) in [6, 6.07) is 4.01. The van der Waals surface area contributed by atoms with Crippen LogP contribution in [0.5, 0.6) is 5.75 Å². The number of carbonyl (C=O) groups is 2. The summed E-state index contributed by atoms with van der Waals surface area (Å²) in [5, 5.41) is 11.6. The van der Waals surface area contributed by atoms with Gasteiger partial charge in [-0.15, -0.1) is 0 Å². The molecule has 1 unspecified atom stereocenters. The van der Waals surface area contributed by atoms with Crippen molar-refractivity contribution < 1.29 is 24.2 Å². The summed E-state index contributed by atoms with van der Waals surface area (Å²) in [7, 11) is 0. The molecule has 0 bridgehead atoms. The Morgan fingerprint density at radius 3 is 2.50 bits per heavy atom. The van der Waals surface area contributed by atoms with E-state index in [1.807, 2.05) is 0 Å². The predicted molar refractivity (Wildman–Crippen MR) is 82.7 cm³/mol. The highest BCUT2D eigenvalue weighted by molar-refractivity contribution is 6.33. The number of hydrogen-bond acceptors (Lipinski definition) is 4. The van der Waals surface area contributed by atoms with Crippen molar-refractivity contribution in [2.24, 2.45) is 0 Å². The number of aromatic carboxylic acids is 1. The average Bonchev–Trinajstić information content (AvgIpc) is 2.33. The first-order valence-electron chi connectivity index (χ1n) is 6.73. The van der Waals surface area contributed by atoms with Gasteiger partial charge in [-0.05, 0) is 45.9 Å². The van der Waals surface area contributed by atoms with Gasteiger partial charge in [0, 0.05) is 0 Å². The van der Waals surface area contributed by atoms with Crippen LogP contribution in [0, 0.1) is 0 Å². The molecule has 6 nitrogen and oxygen atoms in total. The molecule has 122 valence electrons. The molecule has 0 saturated carbocycles. The van der Waals surface area contributed by atoms with Gasteiger partial charge in [0.05, 0.1) is 16.6 Å². The van der Waals surface area contributed by atoms with Gasteiger partial charge < -0.3 is 19.9 Å². The molecule has 0 aliphatic carbocycles. The zero-order valence-corrected chi connectivity index (χ0v) is 13.7. The molecule has 2 N–H and O–H groups in total. The third-order valence-corrected chi connectivity index (χ3v) is 2.75. The van der Waals surface area contributed by atoms with Crippen LogP contribution < -0.4 is 10.1 Å². The second-order valence-electron chi connectivity index (χ2n) is 5.81. The fraction of sp³-hybridized carbons (Fsp3) is 0.467. The van der Waals surface area contributed by atoms with Crippen molar-refractivity contribution in [3.05, 3.63) is 28.8 Å². The van der Waals surface area contributed by atoms with Gasteiger partial charge in [-0.2, -0.15) is 0 Å². The topological polar surface area (TPSA) is 84.9 Å². The fourth-order valence-electron chi connectivity index (χ4n) is 1.53. The molecule has 1 atom stereocenters. The molecule has 0 saturated heterocycles. The molecule has 0 aliphatic heterocycles. The van der Waals surface area contributed by atoms with E-state index < -0.39 is 17.7 Å². The van der Waals surface area contributed by atoms with Gasteiger partial charge in [-0.1, -0.05) is 11.6 Å². The molecular weight excluding hydrogens is 310 g/mol. The lowest BCUT2D eigenvalue weighted by Crippen LogP contribution is -2.40. The lowest BCUT2D eigenvalue weighted by atomic mass is 10.2. The number of halogens is 1. The average molecular weight is 330 g/mol. The van der Waals surface area contributed by atoms with Gasteiger partial charge in [0.2, 0.25) is 0 Å². The van der Waals surface area contributed by atoms with Crippen LogP contribution >= 0.6 is 11.6 Å². The van der Waals surface area contributed by atoms with Crippen molar-refractivity contribution in [2.45, 2.75) is 39.3 Å². The lowest BCUT2D eigenvalue weighted by molar-refractivity contribution is 0.0493. The minimum atomic E-state index is -1.10. The first-order valence-corrected chi connectivity index (χ1v) is 7.11. The van der Waals surface area contributed by atoms with Gasteiger partial charge in [-0.25, -0.2) is 9.59 Å². The first kappa shape index (κ1) is 18.1. The number of carboxylic acid groups (broad SMARTS) is 1. The Hall–Kier alpha value is -1.95. The van der Waals surface area contributed by atoms with Crippen molar-refractivity contribution >= 4 is 23.7 Å². The van der Waals surface area contributed by atoms with Crippen LogP contribution in [-0.4, -0.2) is 35.4 Å². The summed E-state index contributed by atoms with van der Waals surface area (Å²) in [5.41, 5.74) is -0.556. The molecule has 1 rings (SSSR count). The molecule has 1 amide bonds. The maximum atomic E-state index is 11.6. The number of carboxylic acids is 1. The predicted octanol–water partition coefficient (Wildman–Crippen LogP) is 3.33. The summed E-state index contributed by atoms with van der Waals surface area (Å²) >= 11 is 5.85. The van der Waals surface area contributed by atoms with Gasteiger partial charge in [-0.3, -0.25) is 0 Å². The molecule has 1 aromatic carbocycles. The van der Waals surface area contributed by atoms with E-state index in [1.165, 1.54) is 18.2 Å². The zero-order chi connectivity index (χ0) is 16.9. The lowest BCUT2D eigenvalue weighted by Gasteiger charge is -2.22. The fourth-order valence-corrected chi connectivity index (χ4v) is 1.78. The highest BCUT2D eigenvalue weighted by atomic mass is 35.5. The number of carbonyl (C=O) groups excluding carboxylic acids is 1. The van der Waals surface area contributed by atoms with E-state index >= 15 is 0 Å². The van der Waals surface area contributed by atoms with E-state index in [4.69, 9.17) is 26.2 Å². The van der Waals surface area contributed by atoms with Gasteiger partial charge in [0.25, 0.3) is 0 Å². The van der Waals surface area contributed by atoms with E-state index in [0.717, 1.165) is 0 Å². The largest absolute Gasteiger partial charge is 0.491 e. The third kappa shape index (κ3) is 6.22. The summed E-state index contributed by atoms with van der Waals surface area (Å²) in [4.78, 5) is 22.4. The Kier molecular flexibility index (Phi) is 6.05. The van der Waals surface area contributed by atoms with Crippen LogP contribution in [0.4, 0.5) is 4.79 Å². The number of ether oxygens (including phenoxy) is 2. The van der Waals surface area contributed by atoms with Gasteiger partial charge in [0.1, 0.15) is 18.0 Å². The van der Waals surface area contributed by atoms with E-state index in [0.29, 0.717) is 5.75 Å². The smallest absolute Gasteiger partial charge is 0.407 e. The Balaban J connectivity index is 2.51. The van der Waals surface area contributed by atoms with Crippen LogP contribution in [0.15, 0.2) is 18.2 Å². The number of nitrogens with one attached hydrogen (secondary N) is 1. The molecule has 1 aromatic rings. The molecular formula is C15H20ClNO5. The Morgan fingerprint density at radius 2 is 2.00 bits per heavy atom. The Labute approximate surface area is 134 Å². The Morgan fingerprint density at radius 1 is 1.36 bits per heavy atom. The van der Waals surface area contributed by atoms with Crippen molar-refractivity contribution in [1.29, 1.82) is 0 Å². The van der Waals surface area contributed by atoms with Crippen molar-refractivity contribution in [3.8, 4) is 5.75 Å². The highest BCUT2D eigenvalue weighted by Gasteiger charge is 2.18. The van der Waals surface area contributed by atoms with Crippen LogP contribution in [0.3, 0.4) is 0 Å². The van der Waals surface area contributed by atoms with E-state index in [9.17, 15) is 9.59 Å². The van der Waals surface area contributed by atoms with Crippen molar-refractivity contribution in [2.75, 3.05) is 6.61 Å².